The average Bonchev–Trinajstić information content (AvgIpc) is 1.51. The minimum Gasteiger partial charge on any atom is -0.310 e. The maximum atomic E-state index is 2.59. The molecule has 0 N–H and O–H groups in total. The molecule has 20 aromatic rings. The van der Waals surface area contributed by atoms with Crippen molar-refractivity contribution in [2.24, 2.45) is 0 Å². The van der Waals surface area contributed by atoms with Gasteiger partial charge < -0.3 is 9.80 Å². The SMILES string of the molecule is CC1(C)c2ccccc2-c2c(-c3ccccc3N(c3cccc(-c4ccc5ccccc5c4)c3)c3ccc4c(c3)C3(c5ccccc5-c5cc(CC6(C)c7ccccc7-c7c(-c8ccccc8N(c8ccc(-c9ccccc9)c(-c9ccccc9)c8)c8ccc9c(c8)C8(c%10ccccc%10-c%10ccccc%108)c8ccccc8-9)cccc76)ccc53)c3ccccc3-4)cccc21. The number of hydrogen-bond donors (Lipinski definition) is 0. The van der Waals surface area contributed by atoms with Crippen molar-refractivity contribution < 1.29 is 0 Å². The smallest absolute Gasteiger partial charge is 0.0726 e. The molecule has 0 fully saturated rings. The van der Waals surface area contributed by atoms with E-state index >= 15 is 0 Å². The molecule has 600 valence electrons. The van der Waals surface area contributed by atoms with Gasteiger partial charge >= 0.3 is 0 Å². The number of rotatable bonds is 13. The van der Waals surface area contributed by atoms with Crippen molar-refractivity contribution in [3.8, 4) is 122 Å². The Morgan fingerprint density at radius 1 is 0.180 bits per heavy atom. The largest absolute Gasteiger partial charge is 0.310 e. The number of fused-ring (bicyclic) bond motifs is 27. The molecule has 2 spiro atoms. The van der Waals surface area contributed by atoms with E-state index in [4.69, 9.17) is 0 Å². The Kier molecular flexibility index (Phi) is 16.2. The minimum atomic E-state index is -0.653. The van der Waals surface area contributed by atoms with Gasteiger partial charge in [-0.2, -0.15) is 0 Å². The molecular formula is C126H86N2. The van der Waals surface area contributed by atoms with Gasteiger partial charge in [-0.3, -0.25) is 0 Å². The molecule has 0 bridgehead atoms. The highest BCUT2D eigenvalue weighted by Crippen LogP contribution is 2.67. The summed E-state index contributed by atoms with van der Waals surface area (Å²) in [5.74, 6) is 0. The molecule has 2 unspecified atom stereocenters. The number of hydrogen-bond acceptors (Lipinski definition) is 2. The van der Waals surface area contributed by atoms with E-state index in [0.717, 1.165) is 57.2 Å². The summed E-state index contributed by atoms with van der Waals surface area (Å²) in [6.45, 7) is 7.30. The normalized spacial score (nSPS) is 15.7. The summed E-state index contributed by atoms with van der Waals surface area (Å²) >= 11 is 0. The number of anilines is 6. The first-order valence-corrected chi connectivity index (χ1v) is 45.1. The van der Waals surface area contributed by atoms with Gasteiger partial charge in [0.05, 0.1) is 22.2 Å². The van der Waals surface area contributed by atoms with Crippen LogP contribution in [0.1, 0.15) is 93.1 Å². The summed E-state index contributed by atoms with van der Waals surface area (Å²) < 4.78 is 0. The lowest BCUT2D eigenvalue weighted by Gasteiger charge is -2.33. The third kappa shape index (κ3) is 10.5. The second-order valence-electron chi connectivity index (χ2n) is 36.5. The fourth-order valence-electron chi connectivity index (χ4n) is 24.3. The molecule has 0 heterocycles. The van der Waals surface area contributed by atoms with Crippen molar-refractivity contribution in [2.45, 2.75) is 48.9 Å². The molecule has 0 amide bonds. The van der Waals surface area contributed by atoms with Crippen LogP contribution in [0.4, 0.5) is 34.1 Å². The molecule has 0 aliphatic heterocycles. The molecule has 2 heteroatoms. The Morgan fingerprint density at radius 3 is 1.09 bits per heavy atom. The maximum Gasteiger partial charge on any atom is 0.0726 e. The van der Waals surface area contributed by atoms with Crippen LogP contribution in [0.5, 0.6) is 0 Å². The topological polar surface area (TPSA) is 6.48 Å². The number of para-hydroxylation sites is 2. The zero-order valence-corrected chi connectivity index (χ0v) is 71.4. The zero-order chi connectivity index (χ0) is 84.7. The Hall–Kier alpha value is -15.7. The molecule has 6 aliphatic rings. The van der Waals surface area contributed by atoms with Gasteiger partial charge in [-0.15, -0.1) is 0 Å². The summed E-state index contributed by atoms with van der Waals surface area (Å²) in [6, 6.07) is 173. The summed E-state index contributed by atoms with van der Waals surface area (Å²) in [6.07, 6.45) is 0.774. The van der Waals surface area contributed by atoms with Gasteiger partial charge in [-0.25, -0.2) is 0 Å². The fraction of sp³-hybridized carbons (Fsp3) is 0.0635. The van der Waals surface area contributed by atoms with Crippen LogP contribution in [0.25, 0.3) is 133 Å². The Labute approximate surface area is 748 Å². The third-order valence-corrected chi connectivity index (χ3v) is 29.7. The van der Waals surface area contributed by atoms with Gasteiger partial charge in [0, 0.05) is 44.7 Å². The van der Waals surface area contributed by atoms with E-state index < -0.39 is 16.2 Å². The van der Waals surface area contributed by atoms with Gasteiger partial charge in [0.1, 0.15) is 0 Å². The first-order chi connectivity index (χ1) is 63.1. The summed E-state index contributed by atoms with van der Waals surface area (Å²) in [7, 11) is 0. The Bertz CT molecular complexity index is 8000. The highest BCUT2D eigenvalue weighted by Gasteiger charge is 2.54. The van der Waals surface area contributed by atoms with E-state index in [0.29, 0.717) is 0 Å². The number of benzene rings is 20. The highest BCUT2D eigenvalue weighted by atomic mass is 15.2. The van der Waals surface area contributed by atoms with Gasteiger partial charge in [0.25, 0.3) is 0 Å². The van der Waals surface area contributed by atoms with Crippen LogP contribution < -0.4 is 9.80 Å². The first kappa shape index (κ1) is 73.8. The molecule has 2 nitrogen and oxygen atoms in total. The van der Waals surface area contributed by atoms with Crippen molar-refractivity contribution in [3.05, 3.63) is 527 Å². The van der Waals surface area contributed by atoms with E-state index in [2.05, 4.69) is 486 Å². The van der Waals surface area contributed by atoms with E-state index in [1.165, 1.54) is 189 Å². The lowest BCUT2D eigenvalue weighted by molar-refractivity contribution is 0.583. The Balaban J connectivity index is 0.626. The van der Waals surface area contributed by atoms with Crippen LogP contribution >= 0.6 is 0 Å². The number of nitrogens with zero attached hydrogens (tertiary/aromatic N) is 2. The van der Waals surface area contributed by atoms with E-state index in [1.807, 2.05) is 0 Å². The van der Waals surface area contributed by atoms with Crippen LogP contribution in [-0.4, -0.2) is 0 Å². The molecule has 20 aromatic carbocycles. The van der Waals surface area contributed by atoms with Gasteiger partial charge in [-0.05, 0) is 268 Å². The quantitative estimate of drug-likeness (QED) is 0.114. The van der Waals surface area contributed by atoms with Gasteiger partial charge in [0.2, 0.25) is 0 Å². The molecule has 0 aromatic heterocycles. The van der Waals surface area contributed by atoms with Crippen LogP contribution in [0.15, 0.2) is 455 Å². The molecule has 2 atom stereocenters. The summed E-state index contributed by atoms with van der Waals surface area (Å²) in [4.78, 5) is 5.14. The molecule has 0 saturated heterocycles. The first-order valence-electron chi connectivity index (χ1n) is 45.1. The summed E-state index contributed by atoms with van der Waals surface area (Å²) in [5, 5.41) is 2.45. The molecule has 6 aliphatic carbocycles. The zero-order valence-electron chi connectivity index (χ0n) is 71.4. The second kappa shape index (κ2) is 28.1. The maximum absolute atomic E-state index is 2.59. The van der Waals surface area contributed by atoms with Crippen molar-refractivity contribution in [1.29, 1.82) is 0 Å². The lowest BCUT2D eigenvalue weighted by atomic mass is 9.70. The standard InChI is InChI=1S/C126H86N2/c1-123(2)107-52-21-17-48-103(107)121-101(50-31-59-115(121)123)99-46-19-28-61-119(99)127(87-40-30-39-85(75-87)86-65-64-81-33-10-11-38-84(81)74-86)89-67-70-98-95-44-15-26-57-112(95)126(118(98)77-89)113-58-27-16-45-96(113)106-73-80(63-72-114(106)126)79-124(3)108-53-22-18-49-104(108)122-102(51-32-60-116(122)124)100-47-20-29-62-120(100)128(88-66-69-91(82-34-6-4-7-35-82)105(76-88)83-36-8-5-9-37-83)90-68-71-97-94-43-14-25-56-111(94)125(117(97)78-90)109-54-23-12-41-92(109)93-42-13-24-55-110(93)125/h4-78H,79H2,1-3H3. The van der Waals surface area contributed by atoms with E-state index in [9.17, 15) is 0 Å². The van der Waals surface area contributed by atoms with Crippen LogP contribution in [-0.2, 0) is 28.1 Å². The fourth-order valence-corrected chi connectivity index (χ4v) is 24.3. The van der Waals surface area contributed by atoms with Crippen molar-refractivity contribution in [1.82, 2.24) is 0 Å². The van der Waals surface area contributed by atoms with E-state index in [-0.39, 0.29) is 5.41 Å². The van der Waals surface area contributed by atoms with Crippen molar-refractivity contribution in [3.63, 3.8) is 0 Å². The predicted molar refractivity (Wildman–Crippen MR) is 533 cm³/mol. The van der Waals surface area contributed by atoms with Crippen LogP contribution in [0, 0.1) is 0 Å². The minimum absolute atomic E-state index is 0.173. The molecule has 26 rings (SSSR count). The van der Waals surface area contributed by atoms with Crippen LogP contribution in [0.2, 0.25) is 0 Å². The molecule has 0 saturated carbocycles. The van der Waals surface area contributed by atoms with Crippen LogP contribution in [0.3, 0.4) is 0 Å². The second-order valence-corrected chi connectivity index (χ2v) is 36.5. The summed E-state index contributed by atoms with van der Waals surface area (Å²) in [5.41, 5.74) is 49.0. The predicted octanol–water partition coefficient (Wildman–Crippen LogP) is 32.6. The molecular weight excluding hydrogens is 1540 g/mol. The third-order valence-electron chi connectivity index (χ3n) is 29.7. The van der Waals surface area contributed by atoms with Gasteiger partial charge in [-0.1, -0.05) is 409 Å². The average molecular weight is 1630 g/mol. The van der Waals surface area contributed by atoms with E-state index in [1.54, 1.807) is 0 Å². The highest BCUT2D eigenvalue weighted by molar-refractivity contribution is 6.05. The van der Waals surface area contributed by atoms with Gasteiger partial charge in [0.15, 0.2) is 0 Å². The molecule has 128 heavy (non-hydrogen) atoms. The van der Waals surface area contributed by atoms with Crippen molar-refractivity contribution in [2.75, 3.05) is 9.80 Å². The van der Waals surface area contributed by atoms with Crippen molar-refractivity contribution >= 4 is 44.9 Å². The monoisotopic (exact) mass is 1630 g/mol. The Morgan fingerprint density at radius 2 is 0.539 bits per heavy atom. The molecule has 0 radical (unpaired) electrons. The lowest BCUT2D eigenvalue weighted by Crippen LogP contribution is -2.26.